The molecule has 2 N–H and O–H groups in total. The molecule has 1 aliphatic heterocycles. The first kappa shape index (κ1) is 26.5. The van der Waals surface area contributed by atoms with Crippen LogP contribution in [-0.2, 0) is 0 Å². The van der Waals surface area contributed by atoms with Gasteiger partial charge in [0.25, 0.3) is 0 Å². The molecule has 0 spiro atoms. The smallest absolute Gasteiger partial charge is 0.191 e. The third-order valence-electron chi connectivity index (χ3n) is 4.77. The number of piperazine rings is 1. The van der Waals surface area contributed by atoms with Crippen LogP contribution in [0, 0.1) is 11.7 Å². The average molecular weight is 538 g/mol. The summed E-state index contributed by atoms with van der Waals surface area (Å²) in [6.07, 6.45) is 1.03. The first-order chi connectivity index (χ1) is 13.6. The number of aliphatic imine (C=N–C) groups is 1. The lowest BCUT2D eigenvalue weighted by Crippen LogP contribution is -2.46. The Hall–Kier alpha value is -0.580. The van der Waals surface area contributed by atoms with E-state index >= 15 is 0 Å². The van der Waals surface area contributed by atoms with Crippen molar-refractivity contribution < 1.29 is 4.39 Å². The summed E-state index contributed by atoms with van der Waals surface area (Å²) in [5, 5.41) is 6.76. The summed E-state index contributed by atoms with van der Waals surface area (Å²) in [7, 11) is 2.19. The van der Waals surface area contributed by atoms with Gasteiger partial charge in [-0.25, -0.2) is 4.39 Å². The van der Waals surface area contributed by atoms with E-state index in [0.717, 1.165) is 75.4 Å². The zero-order chi connectivity index (χ0) is 20.2. The zero-order valence-electron chi connectivity index (χ0n) is 18.0. The Morgan fingerprint density at radius 2 is 1.86 bits per heavy atom. The molecule has 0 aromatic heterocycles. The van der Waals surface area contributed by atoms with Gasteiger partial charge in [0.1, 0.15) is 5.82 Å². The third-order valence-corrected chi connectivity index (χ3v) is 5.87. The molecule has 166 valence electrons. The first-order valence-corrected chi connectivity index (χ1v) is 11.4. The quantitative estimate of drug-likeness (QED) is 0.158. The van der Waals surface area contributed by atoms with Gasteiger partial charge in [0, 0.05) is 57.3 Å². The highest BCUT2D eigenvalue weighted by molar-refractivity contribution is 14.0. The largest absolute Gasteiger partial charge is 0.357 e. The summed E-state index contributed by atoms with van der Waals surface area (Å²) in [5.74, 6) is 2.27. The van der Waals surface area contributed by atoms with E-state index in [-0.39, 0.29) is 29.8 Å². The van der Waals surface area contributed by atoms with Crippen molar-refractivity contribution in [1.82, 2.24) is 20.4 Å². The lowest BCUT2D eigenvalue weighted by Gasteiger charge is -2.33. The van der Waals surface area contributed by atoms with Gasteiger partial charge in [-0.15, -0.1) is 35.7 Å². The number of hydrogen-bond acceptors (Lipinski definition) is 4. The molecule has 5 nitrogen and oxygen atoms in total. The van der Waals surface area contributed by atoms with Crippen molar-refractivity contribution in [2.24, 2.45) is 10.9 Å². The fourth-order valence-electron chi connectivity index (χ4n) is 3.12. The van der Waals surface area contributed by atoms with Gasteiger partial charge in [0.15, 0.2) is 5.96 Å². The van der Waals surface area contributed by atoms with E-state index in [4.69, 9.17) is 4.99 Å². The number of likely N-dealkylation sites (N-methyl/N-ethyl adjacent to an activating group) is 1. The summed E-state index contributed by atoms with van der Waals surface area (Å²) in [6.45, 7) is 12.7. The molecule has 0 bridgehead atoms. The molecule has 1 aliphatic rings. The van der Waals surface area contributed by atoms with Crippen LogP contribution in [0.3, 0.4) is 0 Å². The van der Waals surface area contributed by atoms with Gasteiger partial charge >= 0.3 is 0 Å². The van der Waals surface area contributed by atoms with E-state index in [0.29, 0.717) is 5.92 Å². The molecular formula is C21H37FIN5S. The Morgan fingerprint density at radius 3 is 2.52 bits per heavy atom. The van der Waals surface area contributed by atoms with E-state index in [1.807, 2.05) is 12.1 Å². The van der Waals surface area contributed by atoms with Crippen LogP contribution in [0.15, 0.2) is 34.2 Å². The molecule has 0 amide bonds. The molecule has 1 fully saturated rings. The number of hydrogen-bond donors (Lipinski definition) is 2. The monoisotopic (exact) mass is 537 g/mol. The van der Waals surface area contributed by atoms with Gasteiger partial charge in [-0.2, -0.15) is 0 Å². The number of nitrogens with one attached hydrogen (secondary N) is 2. The van der Waals surface area contributed by atoms with E-state index < -0.39 is 0 Å². The third kappa shape index (κ3) is 11.4. The Kier molecular flexibility index (Phi) is 13.9. The molecule has 1 aromatic rings. The minimum atomic E-state index is -0.181. The highest BCUT2D eigenvalue weighted by atomic mass is 127. The molecule has 1 unspecified atom stereocenters. The Morgan fingerprint density at radius 1 is 1.17 bits per heavy atom. The molecular weight excluding hydrogens is 500 g/mol. The van der Waals surface area contributed by atoms with Crippen LogP contribution in [0.1, 0.15) is 20.3 Å². The maximum Gasteiger partial charge on any atom is 0.191 e. The first-order valence-electron chi connectivity index (χ1n) is 10.4. The predicted molar refractivity (Wildman–Crippen MR) is 134 cm³/mol. The fraction of sp³-hybridized carbons (Fsp3) is 0.667. The predicted octanol–water partition coefficient (Wildman–Crippen LogP) is 3.36. The van der Waals surface area contributed by atoms with Crippen molar-refractivity contribution >= 4 is 41.7 Å². The van der Waals surface area contributed by atoms with Crippen LogP contribution in [0.25, 0.3) is 0 Å². The molecule has 0 aliphatic carbocycles. The Bertz CT molecular complexity index is 579. The molecule has 2 rings (SSSR count). The van der Waals surface area contributed by atoms with E-state index in [9.17, 15) is 4.39 Å². The molecule has 8 heteroatoms. The summed E-state index contributed by atoms with van der Waals surface area (Å²) < 4.78 is 12.9. The second kappa shape index (κ2) is 15.3. The van der Waals surface area contributed by atoms with Crippen LogP contribution in [-0.4, -0.2) is 80.9 Å². The summed E-state index contributed by atoms with van der Waals surface area (Å²) in [6, 6.07) is 6.70. The molecule has 29 heavy (non-hydrogen) atoms. The van der Waals surface area contributed by atoms with Gasteiger partial charge < -0.3 is 20.4 Å². The van der Waals surface area contributed by atoms with Crippen molar-refractivity contribution in [3.05, 3.63) is 30.1 Å². The average Bonchev–Trinajstić information content (AvgIpc) is 2.69. The number of thioether (sulfide) groups is 1. The standard InChI is InChI=1S/C21H36FN5S.HI/c1-4-23-21(24-10-5-15-28-20-8-6-19(22)7-9-20)25-16-18(2)17-27-13-11-26(3)12-14-27;/h6-9,18H,4-5,10-17H2,1-3H3,(H2,23,24,25);1H. The van der Waals surface area contributed by atoms with E-state index in [1.54, 1.807) is 11.8 Å². The van der Waals surface area contributed by atoms with Crippen molar-refractivity contribution in [1.29, 1.82) is 0 Å². The number of halogens is 2. The zero-order valence-corrected chi connectivity index (χ0v) is 21.1. The van der Waals surface area contributed by atoms with Gasteiger partial charge in [0.05, 0.1) is 0 Å². The van der Waals surface area contributed by atoms with Gasteiger partial charge in [0.2, 0.25) is 0 Å². The number of benzene rings is 1. The van der Waals surface area contributed by atoms with Gasteiger partial charge in [-0.1, -0.05) is 6.92 Å². The topological polar surface area (TPSA) is 42.9 Å². The SMILES string of the molecule is CCNC(=NCC(C)CN1CCN(C)CC1)NCCCSc1ccc(F)cc1.I. The van der Waals surface area contributed by atoms with Crippen LogP contribution in [0.5, 0.6) is 0 Å². The van der Waals surface area contributed by atoms with Crippen molar-refractivity contribution in [2.75, 3.05) is 65.2 Å². The molecule has 0 radical (unpaired) electrons. The Balaban J connectivity index is 0.00000420. The number of guanidine groups is 1. The highest BCUT2D eigenvalue weighted by Gasteiger charge is 2.15. The molecule has 0 saturated carbocycles. The van der Waals surface area contributed by atoms with Gasteiger partial charge in [-0.05, 0) is 56.3 Å². The van der Waals surface area contributed by atoms with Crippen molar-refractivity contribution in [3.63, 3.8) is 0 Å². The van der Waals surface area contributed by atoms with Crippen LogP contribution in [0.4, 0.5) is 4.39 Å². The van der Waals surface area contributed by atoms with Crippen molar-refractivity contribution in [3.8, 4) is 0 Å². The second-order valence-electron chi connectivity index (χ2n) is 7.51. The normalized spacial score (nSPS) is 16.9. The summed E-state index contributed by atoms with van der Waals surface area (Å²) >= 11 is 1.76. The molecule has 1 aromatic carbocycles. The van der Waals surface area contributed by atoms with E-state index in [2.05, 4.69) is 41.3 Å². The summed E-state index contributed by atoms with van der Waals surface area (Å²) in [4.78, 5) is 10.8. The van der Waals surface area contributed by atoms with Crippen LogP contribution < -0.4 is 10.6 Å². The lowest BCUT2D eigenvalue weighted by atomic mass is 10.1. The van der Waals surface area contributed by atoms with Crippen LogP contribution >= 0.6 is 35.7 Å². The van der Waals surface area contributed by atoms with Crippen LogP contribution in [0.2, 0.25) is 0 Å². The summed E-state index contributed by atoms with van der Waals surface area (Å²) in [5.41, 5.74) is 0. The van der Waals surface area contributed by atoms with Gasteiger partial charge in [-0.3, -0.25) is 4.99 Å². The van der Waals surface area contributed by atoms with E-state index in [1.165, 1.54) is 12.1 Å². The highest BCUT2D eigenvalue weighted by Crippen LogP contribution is 2.18. The number of nitrogens with zero attached hydrogens (tertiary/aromatic N) is 3. The lowest BCUT2D eigenvalue weighted by molar-refractivity contribution is 0.140. The minimum absolute atomic E-state index is 0. The maximum absolute atomic E-state index is 12.9. The van der Waals surface area contributed by atoms with Crippen molar-refractivity contribution in [2.45, 2.75) is 25.2 Å². The molecule has 1 atom stereocenters. The number of rotatable bonds is 10. The molecule has 1 saturated heterocycles. The fourth-order valence-corrected chi connectivity index (χ4v) is 3.97. The minimum Gasteiger partial charge on any atom is -0.357 e. The molecule has 1 heterocycles. The Labute approximate surface area is 197 Å². The second-order valence-corrected chi connectivity index (χ2v) is 8.68. The maximum atomic E-state index is 12.9.